The zero-order valence-electron chi connectivity index (χ0n) is 9.04. The SMILES string of the molecule is O=S(=O)(Nc1cccc(O)c1)c1ncccc1F. The predicted molar refractivity (Wildman–Crippen MR) is 63.1 cm³/mol. The number of pyridine rings is 1. The minimum atomic E-state index is -4.11. The number of aromatic nitrogens is 1. The Labute approximate surface area is 103 Å². The van der Waals surface area contributed by atoms with Gasteiger partial charge in [0.2, 0.25) is 5.03 Å². The summed E-state index contributed by atoms with van der Waals surface area (Å²) in [4.78, 5) is 3.48. The maximum Gasteiger partial charge on any atom is 0.282 e. The average molecular weight is 268 g/mol. The Morgan fingerprint density at radius 1 is 1.22 bits per heavy atom. The molecular formula is C11H9FN2O3S. The fraction of sp³-hybridized carbons (Fsp3) is 0. The zero-order valence-corrected chi connectivity index (χ0v) is 9.86. The lowest BCUT2D eigenvalue weighted by atomic mass is 10.3. The van der Waals surface area contributed by atoms with Crippen LogP contribution in [0.25, 0.3) is 0 Å². The number of halogens is 1. The summed E-state index contributed by atoms with van der Waals surface area (Å²) in [7, 11) is -4.11. The number of sulfonamides is 1. The van der Waals surface area contributed by atoms with Crippen molar-refractivity contribution in [1.29, 1.82) is 0 Å². The molecule has 0 amide bonds. The number of nitrogens with one attached hydrogen (secondary N) is 1. The van der Waals surface area contributed by atoms with Crippen molar-refractivity contribution in [3.05, 3.63) is 48.4 Å². The van der Waals surface area contributed by atoms with Crippen molar-refractivity contribution in [3.8, 4) is 5.75 Å². The third-order valence-electron chi connectivity index (χ3n) is 2.08. The monoisotopic (exact) mass is 268 g/mol. The van der Waals surface area contributed by atoms with E-state index in [1.54, 1.807) is 0 Å². The highest BCUT2D eigenvalue weighted by Gasteiger charge is 2.20. The summed E-state index contributed by atoms with van der Waals surface area (Å²) < 4.78 is 39.1. The predicted octanol–water partition coefficient (Wildman–Crippen LogP) is 1.73. The van der Waals surface area contributed by atoms with Crippen LogP contribution in [0.2, 0.25) is 0 Å². The molecule has 0 atom stereocenters. The molecule has 5 nitrogen and oxygen atoms in total. The molecule has 2 N–H and O–H groups in total. The van der Waals surface area contributed by atoms with Gasteiger partial charge in [-0.2, -0.15) is 8.42 Å². The van der Waals surface area contributed by atoms with Gasteiger partial charge in [0.1, 0.15) is 5.75 Å². The Morgan fingerprint density at radius 3 is 2.67 bits per heavy atom. The van der Waals surface area contributed by atoms with E-state index in [0.717, 1.165) is 6.07 Å². The van der Waals surface area contributed by atoms with Gasteiger partial charge in [0.25, 0.3) is 10.0 Å². The quantitative estimate of drug-likeness (QED) is 0.888. The summed E-state index contributed by atoms with van der Waals surface area (Å²) in [6.45, 7) is 0. The van der Waals surface area contributed by atoms with Crippen molar-refractivity contribution in [2.24, 2.45) is 0 Å². The highest BCUT2D eigenvalue weighted by atomic mass is 32.2. The number of aromatic hydroxyl groups is 1. The molecule has 2 rings (SSSR count). The summed E-state index contributed by atoms with van der Waals surface area (Å²) in [5.74, 6) is -1.04. The number of phenols is 1. The molecule has 0 spiro atoms. The number of nitrogens with zero attached hydrogens (tertiary/aromatic N) is 1. The Balaban J connectivity index is 2.37. The third kappa shape index (κ3) is 2.57. The van der Waals surface area contributed by atoms with Crippen LogP contribution in [0.4, 0.5) is 10.1 Å². The first-order chi connectivity index (χ1) is 8.49. The van der Waals surface area contributed by atoms with Gasteiger partial charge >= 0.3 is 0 Å². The fourth-order valence-electron chi connectivity index (χ4n) is 1.34. The lowest BCUT2D eigenvalue weighted by Gasteiger charge is -2.07. The maximum atomic E-state index is 13.3. The van der Waals surface area contributed by atoms with Crippen LogP contribution in [-0.2, 0) is 10.0 Å². The topological polar surface area (TPSA) is 79.3 Å². The molecule has 0 aliphatic rings. The lowest BCUT2D eigenvalue weighted by molar-refractivity contribution is 0.475. The number of hydrogen-bond donors (Lipinski definition) is 2. The van der Waals surface area contributed by atoms with Crippen molar-refractivity contribution < 1.29 is 17.9 Å². The highest BCUT2D eigenvalue weighted by Crippen LogP contribution is 2.19. The van der Waals surface area contributed by atoms with Gasteiger partial charge in [-0.1, -0.05) is 6.07 Å². The smallest absolute Gasteiger partial charge is 0.282 e. The van der Waals surface area contributed by atoms with Crippen LogP contribution < -0.4 is 4.72 Å². The van der Waals surface area contributed by atoms with Gasteiger partial charge in [-0.15, -0.1) is 0 Å². The van der Waals surface area contributed by atoms with Crippen LogP contribution in [0.1, 0.15) is 0 Å². The zero-order chi connectivity index (χ0) is 13.2. The Hall–Kier alpha value is -2.15. The minimum Gasteiger partial charge on any atom is -0.508 e. The molecule has 0 saturated heterocycles. The fourth-order valence-corrected chi connectivity index (χ4v) is 2.40. The molecule has 0 saturated carbocycles. The van der Waals surface area contributed by atoms with Crippen molar-refractivity contribution in [2.45, 2.75) is 5.03 Å². The van der Waals surface area contributed by atoms with E-state index in [4.69, 9.17) is 0 Å². The Bertz CT molecular complexity index is 673. The summed E-state index contributed by atoms with van der Waals surface area (Å²) in [6, 6.07) is 7.78. The van der Waals surface area contributed by atoms with Gasteiger partial charge in [0.05, 0.1) is 5.69 Å². The number of anilines is 1. The molecule has 18 heavy (non-hydrogen) atoms. The number of rotatable bonds is 3. The van der Waals surface area contributed by atoms with E-state index in [-0.39, 0.29) is 11.4 Å². The summed E-state index contributed by atoms with van der Waals surface area (Å²) in [5, 5.41) is 8.52. The molecule has 0 aliphatic heterocycles. The van der Waals surface area contributed by atoms with Crippen LogP contribution >= 0.6 is 0 Å². The minimum absolute atomic E-state index is 0.100. The van der Waals surface area contributed by atoms with E-state index in [1.807, 2.05) is 0 Å². The molecule has 7 heteroatoms. The van der Waals surface area contributed by atoms with Crippen LogP contribution in [0, 0.1) is 5.82 Å². The molecule has 1 aromatic heterocycles. The molecule has 2 aromatic rings. The molecule has 94 valence electrons. The van der Waals surface area contributed by atoms with E-state index >= 15 is 0 Å². The molecule has 0 radical (unpaired) electrons. The molecule has 0 bridgehead atoms. The van der Waals surface area contributed by atoms with Gasteiger partial charge in [-0.3, -0.25) is 4.72 Å². The molecule has 1 heterocycles. The van der Waals surface area contributed by atoms with Gasteiger partial charge < -0.3 is 5.11 Å². The van der Waals surface area contributed by atoms with Crippen molar-refractivity contribution >= 4 is 15.7 Å². The van der Waals surface area contributed by atoms with E-state index < -0.39 is 20.9 Å². The van der Waals surface area contributed by atoms with Crippen LogP contribution in [0.3, 0.4) is 0 Å². The summed E-state index contributed by atoms with van der Waals surface area (Å²) >= 11 is 0. The summed E-state index contributed by atoms with van der Waals surface area (Å²) in [6.07, 6.45) is 1.18. The van der Waals surface area contributed by atoms with Crippen LogP contribution in [0.5, 0.6) is 5.75 Å². The van der Waals surface area contributed by atoms with E-state index in [9.17, 15) is 17.9 Å². The molecule has 0 aliphatic carbocycles. The largest absolute Gasteiger partial charge is 0.508 e. The Morgan fingerprint density at radius 2 is 2.00 bits per heavy atom. The van der Waals surface area contributed by atoms with E-state index in [2.05, 4.69) is 9.71 Å². The lowest BCUT2D eigenvalue weighted by Crippen LogP contribution is -2.16. The van der Waals surface area contributed by atoms with E-state index in [1.165, 1.54) is 36.5 Å². The van der Waals surface area contributed by atoms with Crippen LogP contribution in [-0.4, -0.2) is 18.5 Å². The molecule has 0 unspecified atom stereocenters. The maximum absolute atomic E-state index is 13.3. The van der Waals surface area contributed by atoms with Gasteiger partial charge in [-0.05, 0) is 24.3 Å². The molecular weight excluding hydrogens is 259 g/mol. The molecule has 1 aromatic carbocycles. The second-order valence-electron chi connectivity index (χ2n) is 3.45. The normalized spacial score (nSPS) is 11.2. The first kappa shape index (κ1) is 12.3. The van der Waals surface area contributed by atoms with E-state index in [0.29, 0.717) is 0 Å². The van der Waals surface area contributed by atoms with Gasteiger partial charge in [0, 0.05) is 12.3 Å². The highest BCUT2D eigenvalue weighted by molar-refractivity contribution is 7.92. The van der Waals surface area contributed by atoms with Crippen LogP contribution in [0.15, 0.2) is 47.6 Å². The summed E-state index contributed by atoms with van der Waals surface area (Å²) in [5.41, 5.74) is 0.125. The molecule has 0 fully saturated rings. The van der Waals surface area contributed by atoms with Crippen molar-refractivity contribution in [1.82, 2.24) is 4.98 Å². The standard InChI is InChI=1S/C11H9FN2O3S/c12-10-5-2-6-13-11(10)18(16,17)14-8-3-1-4-9(15)7-8/h1-7,14-15H. The van der Waals surface area contributed by atoms with Crippen molar-refractivity contribution in [2.75, 3.05) is 4.72 Å². The van der Waals surface area contributed by atoms with Crippen molar-refractivity contribution in [3.63, 3.8) is 0 Å². The number of benzene rings is 1. The third-order valence-corrected chi connectivity index (χ3v) is 3.39. The average Bonchev–Trinajstić information content (AvgIpc) is 2.28. The first-order valence-corrected chi connectivity index (χ1v) is 6.40. The second kappa shape index (κ2) is 4.61. The van der Waals surface area contributed by atoms with Gasteiger partial charge in [0.15, 0.2) is 5.82 Å². The van der Waals surface area contributed by atoms with Gasteiger partial charge in [-0.25, -0.2) is 9.37 Å². The first-order valence-electron chi connectivity index (χ1n) is 4.91. The second-order valence-corrected chi connectivity index (χ2v) is 5.04. The Kier molecular flexibility index (Phi) is 3.15. The number of hydrogen-bond acceptors (Lipinski definition) is 4. The number of phenolic OH excluding ortho intramolecular Hbond substituents is 1.